The van der Waals surface area contributed by atoms with E-state index in [4.69, 9.17) is 14.3 Å². The molecule has 0 bridgehead atoms. The van der Waals surface area contributed by atoms with Gasteiger partial charge in [-0.05, 0) is 90.6 Å². The molecule has 0 spiro atoms. The molecule has 3 aromatic carbocycles. The first kappa shape index (κ1) is 36.6. The van der Waals surface area contributed by atoms with E-state index in [0.717, 1.165) is 53.3 Å². The van der Waals surface area contributed by atoms with Gasteiger partial charge in [-0.2, -0.15) is 0 Å². The summed E-state index contributed by atoms with van der Waals surface area (Å²) in [7, 11) is 1.55. The Hall–Kier alpha value is -4.18. The monoisotopic (exact) mass is 696 g/mol. The standard InChI is InChI=1S/C42H52N2O7/c1-4-20-44(41(48)31-17-16-28-12-6-7-13-29(28)24-31)38-27-36(43-49-3)34-25-30(14-8-10-21-45)33(15-9-11-22-46)39-35-26-32(47)18-19-37(35)51-42(38,40(34)39)50-23-5-2/h5-7,12-13,16-19,24-26,30,33,38-40,45-47H,2,4,8-11,14-15,20-23,27H2,1,3H3/t30-,33+,38-,39+,40+,42+/m0/s1. The zero-order valence-corrected chi connectivity index (χ0v) is 29.9. The number of allylic oxidation sites excluding steroid dienone is 1. The molecule has 272 valence electrons. The van der Waals surface area contributed by atoms with Crippen LogP contribution < -0.4 is 4.74 Å². The number of hydrogen-bond acceptors (Lipinski definition) is 8. The summed E-state index contributed by atoms with van der Waals surface area (Å²) in [5.74, 6) is -1.03. The molecule has 1 aliphatic heterocycles. The van der Waals surface area contributed by atoms with E-state index in [2.05, 4.69) is 24.7 Å². The van der Waals surface area contributed by atoms with Crippen molar-refractivity contribution < 1.29 is 34.4 Å². The number of benzene rings is 3. The molecule has 6 rings (SSSR count). The largest absolute Gasteiger partial charge is 0.508 e. The summed E-state index contributed by atoms with van der Waals surface area (Å²) in [4.78, 5) is 22.3. The van der Waals surface area contributed by atoms with Gasteiger partial charge in [-0.1, -0.05) is 67.4 Å². The minimum atomic E-state index is -1.33. The average molecular weight is 697 g/mol. The molecule has 1 heterocycles. The highest BCUT2D eigenvalue weighted by Crippen LogP contribution is 2.62. The van der Waals surface area contributed by atoms with Gasteiger partial charge in [0.05, 0.1) is 18.2 Å². The van der Waals surface area contributed by atoms with Crippen LogP contribution in [0.15, 0.2) is 90.1 Å². The Morgan fingerprint density at radius 2 is 1.80 bits per heavy atom. The van der Waals surface area contributed by atoms with Crippen molar-refractivity contribution in [3.05, 3.63) is 96.1 Å². The van der Waals surface area contributed by atoms with E-state index in [9.17, 15) is 20.1 Å². The summed E-state index contributed by atoms with van der Waals surface area (Å²) in [5.41, 5.74) is 3.19. The molecule has 3 aliphatic rings. The fourth-order valence-corrected chi connectivity index (χ4v) is 8.90. The maximum absolute atomic E-state index is 14.8. The Bertz CT molecular complexity index is 1750. The molecule has 9 nitrogen and oxygen atoms in total. The zero-order valence-electron chi connectivity index (χ0n) is 29.9. The highest BCUT2D eigenvalue weighted by atomic mass is 16.7. The SMILES string of the molecule is C=CCO[C@@]12Oc3ccc(O)cc3[C@H]3[C@H](CCCCO)[C@@H](CCCCO)C=C(C(=NOC)C[C@@H]1N(CCC)C(=O)c1ccc4ccccc4c1)[C@H]32. The number of carbonyl (C=O) groups is 1. The van der Waals surface area contributed by atoms with Crippen molar-refractivity contribution in [3.8, 4) is 11.5 Å². The fourth-order valence-electron chi connectivity index (χ4n) is 8.90. The van der Waals surface area contributed by atoms with E-state index in [-0.39, 0.29) is 49.2 Å². The van der Waals surface area contributed by atoms with Gasteiger partial charge in [0.15, 0.2) is 0 Å². The molecule has 2 aliphatic carbocycles. The lowest BCUT2D eigenvalue weighted by Crippen LogP contribution is -2.70. The van der Waals surface area contributed by atoms with E-state index in [0.29, 0.717) is 43.5 Å². The molecular formula is C42H52N2O7. The number of amides is 1. The normalized spacial score (nSPS) is 25.8. The van der Waals surface area contributed by atoms with Crippen LogP contribution in [-0.4, -0.2) is 77.1 Å². The van der Waals surface area contributed by atoms with Crippen LogP contribution in [0.3, 0.4) is 0 Å². The quantitative estimate of drug-likeness (QED) is 0.0813. The topological polar surface area (TPSA) is 121 Å². The number of rotatable bonds is 16. The Morgan fingerprint density at radius 3 is 2.53 bits per heavy atom. The lowest BCUT2D eigenvalue weighted by Gasteiger charge is -2.60. The molecule has 0 saturated heterocycles. The number of nitrogens with zero attached hydrogens (tertiary/aromatic N) is 2. The average Bonchev–Trinajstić information content (AvgIpc) is 3.14. The van der Waals surface area contributed by atoms with Crippen molar-refractivity contribution in [3.63, 3.8) is 0 Å². The van der Waals surface area contributed by atoms with Gasteiger partial charge >= 0.3 is 0 Å². The fraction of sp³-hybridized carbons (Fsp3) is 0.476. The van der Waals surface area contributed by atoms with Crippen LogP contribution in [0.2, 0.25) is 0 Å². The molecule has 51 heavy (non-hydrogen) atoms. The number of aliphatic hydroxyl groups is 2. The van der Waals surface area contributed by atoms with Crippen molar-refractivity contribution in [2.24, 2.45) is 22.9 Å². The Morgan fingerprint density at radius 1 is 1.04 bits per heavy atom. The molecule has 0 radical (unpaired) electrons. The second-order valence-corrected chi connectivity index (χ2v) is 14.0. The molecule has 3 aromatic rings. The van der Waals surface area contributed by atoms with Gasteiger partial charge in [-0.25, -0.2) is 0 Å². The van der Waals surface area contributed by atoms with Gasteiger partial charge in [0, 0.05) is 43.2 Å². The number of aliphatic hydroxyl groups excluding tert-OH is 2. The van der Waals surface area contributed by atoms with Crippen molar-refractivity contribution in [2.75, 3.05) is 33.5 Å². The van der Waals surface area contributed by atoms with E-state index in [1.165, 1.54) is 0 Å². The minimum absolute atomic E-state index is 0.0958. The van der Waals surface area contributed by atoms with Gasteiger partial charge < -0.3 is 34.5 Å². The second-order valence-electron chi connectivity index (χ2n) is 14.0. The van der Waals surface area contributed by atoms with Crippen molar-refractivity contribution >= 4 is 22.4 Å². The number of phenolic OH excluding ortho intramolecular Hbond substituents is 1. The molecule has 9 heteroatoms. The maximum Gasteiger partial charge on any atom is 0.254 e. The number of carbonyl (C=O) groups excluding carboxylic acids is 1. The summed E-state index contributed by atoms with van der Waals surface area (Å²) in [6.07, 6.45) is 9.83. The van der Waals surface area contributed by atoms with E-state index in [1.54, 1.807) is 19.3 Å². The third kappa shape index (κ3) is 7.16. The summed E-state index contributed by atoms with van der Waals surface area (Å²) in [6, 6.07) is 18.5. The Kier molecular flexibility index (Phi) is 11.8. The van der Waals surface area contributed by atoms with Crippen molar-refractivity contribution in [2.45, 2.75) is 76.0 Å². The first-order valence-corrected chi connectivity index (χ1v) is 18.5. The van der Waals surface area contributed by atoms with Gasteiger partial charge in [0.25, 0.3) is 5.91 Å². The first-order valence-electron chi connectivity index (χ1n) is 18.5. The lowest BCUT2D eigenvalue weighted by atomic mass is 9.55. The molecule has 3 N–H and O–H groups in total. The predicted molar refractivity (Wildman–Crippen MR) is 199 cm³/mol. The van der Waals surface area contributed by atoms with E-state index in [1.807, 2.05) is 59.5 Å². The summed E-state index contributed by atoms with van der Waals surface area (Å²) < 4.78 is 14.1. The van der Waals surface area contributed by atoms with Crippen LogP contribution in [0.5, 0.6) is 11.5 Å². The van der Waals surface area contributed by atoms with Gasteiger partial charge in [0.1, 0.15) is 24.7 Å². The van der Waals surface area contributed by atoms with Crippen LogP contribution in [0.25, 0.3) is 10.8 Å². The number of phenols is 1. The van der Waals surface area contributed by atoms with Crippen LogP contribution >= 0.6 is 0 Å². The maximum atomic E-state index is 14.8. The molecule has 1 amide bonds. The third-order valence-corrected chi connectivity index (χ3v) is 11.0. The second kappa shape index (κ2) is 16.4. The molecule has 6 atom stereocenters. The van der Waals surface area contributed by atoms with Crippen LogP contribution in [-0.2, 0) is 9.57 Å². The molecule has 0 aromatic heterocycles. The van der Waals surface area contributed by atoms with Gasteiger partial charge in [-0.3, -0.25) is 4.79 Å². The third-order valence-electron chi connectivity index (χ3n) is 11.0. The number of oxime groups is 1. The number of fused-ring (bicyclic) bond motifs is 3. The van der Waals surface area contributed by atoms with Gasteiger partial charge in [-0.15, -0.1) is 6.58 Å². The van der Waals surface area contributed by atoms with Crippen LogP contribution in [0.4, 0.5) is 0 Å². The van der Waals surface area contributed by atoms with E-state index < -0.39 is 17.7 Å². The molecule has 1 saturated carbocycles. The number of unbranched alkanes of at least 4 members (excludes halogenated alkanes) is 2. The number of aromatic hydroxyl groups is 1. The van der Waals surface area contributed by atoms with Crippen molar-refractivity contribution in [1.29, 1.82) is 0 Å². The van der Waals surface area contributed by atoms with Crippen LogP contribution in [0.1, 0.15) is 80.1 Å². The number of ether oxygens (including phenoxy) is 2. The molecule has 0 unspecified atom stereocenters. The Balaban J connectivity index is 1.57. The van der Waals surface area contributed by atoms with Crippen molar-refractivity contribution in [1.82, 2.24) is 4.90 Å². The zero-order chi connectivity index (χ0) is 36.0. The van der Waals surface area contributed by atoms with Gasteiger partial charge in [0.2, 0.25) is 5.79 Å². The summed E-state index contributed by atoms with van der Waals surface area (Å²) in [5, 5.41) is 37.0. The van der Waals surface area contributed by atoms with Crippen LogP contribution in [0, 0.1) is 17.8 Å². The smallest absolute Gasteiger partial charge is 0.254 e. The van der Waals surface area contributed by atoms with E-state index >= 15 is 0 Å². The molecule has 1 fully saturated rings. The first-order chi connectivity index (χ1) is 24.9. The minimum Gasteiger partial charge on any atom is -0.508 e. The predicted octanol–water partition coefficient (Wildman–Crippen LogP) is 7.36. The highest BCUT2D eigenvalue weighted by Gasteiger charge is 2.65. The summed E-state index contributed by atoms with van der Waals surface area (Å²) >= 11 is 0. The Labute approximate surface area is 301 Å². The highest BCUT2D eigenvalue weighted by molar-refractivity contribution is 6.04. The summed E-state index contributed by atoms with van der Waals surface area (Å²) in [6.45, 7) is 6.95. The lowest BCUT2D eigenvalue weighted by molar-refractivity contribution is -0.254. The number of hydrogen-bond donors (Lipinski definition) is 3. The molecular weight excluding hydrogens is 644 g/mol.